The lowest BCUT2D eigenvalue weighted by Gasteiger charge is -2.09. The number of nitriles is 1. The monoisotopic (exact) mass is 331 g/mol. The van der Waals surface area contributed by atoms with Gasteiger partial charge in [0, 0.05) is 23.6 Å². The zero-order chi connectivity index (χ0) is 18.1. The summed E-state index contributed by atoms with van der Waals surface area (Å²) in [6.45, 7) is 1.62. The molecular formula is C16H15N2O6-. The maximum Gasteiger partial charge on any atom is 0.331 e. The highest BCUT2D eigenvalue weighted by atomic mass is 16.5. The molecule has 0 bridgehead atoms. The molecule has 1 rings (SSSR count). The number of Topliss-reactive ketones (excluding diaryl/α,β-unsaturated/α-hetero) is 1. The summed E-state index contributed by atoms with van der Waals surface area (Å²) in [4.78, 5) is 45.4. The van der Waals surface area contributed by atoms with Gasteiger partial charge in [-0.2, -0.15) is 5.26 Å². The molecule has 1 aromatic carbocycles. The van der Waals surface area contributed by atoms with Crippen molar-refractivity contribution in [3.63, 3.8) is 0 Å². The van der Waals surface area contributed by atoms with Crippen LogP contribution >= 0.6 is 0 Å². The van der Waals surface area contributed by atoms with Crippen LogP contribution in [0.1, 0.15) is 30.1 Å². The molecule has 8 heteroatoms. The van der Waals surface area contributed by atoms with Crippen molar-refractivity contribution in [2.24, 2.45) is 5.92 Å². The Labute approximate surface area is 138 Å². The fourth-order valence-corrected chi connectivity index (χ4v) is 1.77. The number of ether oxygens (including phenoxy) is 1. The van der Waals surface area contributed by atoms with Crippen LogP contribution in [0, 0.1) is 17.2 Å². The summed E-state index contributed by atoms with van der Waals surface area (Å²) in [6.07, 6.45) is -0.631. The topological polar surface area (TPSA) is 136 Å². The van der Waals surface area contributed by atoms with Crippen LogP contribution in [-0.4, -0.2) is 30.2 Å². The van der Waals surface area contributed by atoms with Gasteiger partial charge >= 0.3 is 5.97 Å². The number of carbonyl (C=O) groups is 4. The number of carbonyl (C=O) groups excluding carboxylic acids is 4. The van der Waals surface area contributed by atoms with Crippen LogP contribution in [-0.2, 0) is 19.1 Å². The first-order valence-electron chi connectivity index (χ1n) is 7.09. The van der Waals surface area contributed by atoms with Crippen molar-refractivity contribution in [1.82, 2.24) is 0 Å². The van der Waals surface area contributed by atoms with E-state index >= 15 is 0 Å². The van der Waals surface area contributed by atoms with Crippen LogP contribution < -0.4 is 10.4 Å². The molecule has 0 aliphatic heterocycles. The average Bonchev–Trinajstić information content (AvgIpc) is 2.54. The van der Waals surface area contributed by atoms with Crippen LogP contribution in [0.2, 0.25) is 0 Å². The van der Waals surface area contributed by atoms with Crippen molar-refractivity contribution in [2.45, 2.75) is 19.8 Å². The summed E-state index contributed by atoms with van der Waals surface area (Å²) in [7, 11) is 0. The van der Waals surface area contributed by atoms with E-state index in [1.807, 2.05) is 0 Å². The second kappa shape index (κ2) is 9.05. The molecule has 1 aromatic rings. The van der Waals surface area contributed by atoms with Crippen molar-refractivity contribution in [2.75, 3.05) is 11.9 Å². The molecule has 0 saturated heterocycles. The second-order valence-electron chi connectivity index (χ2n) is 4.68. The van der Waals surface area contributed by atoms with E-state index in [0.29, 0.717) is 5.69 Å². The lowest BCUT2D eigenvalue weighted by atomic mass is 9.99. The predicted octanol–water partition coefficient (Wildman–Crippen LogP) is 0.0408. The highest BCUT2D eigenvalue weighted by molar-refractivity contribution is 6.10. The summed E-state index contributed by atoms with van der Waals surface area (Å²) >= 11 is 0. The van der Waals surface area contributed by atoms with Crippen molar-refractivity contribution in [3.05, 3.63) is 29.8 Å². The number of carboxylic acids is 1. The molecule has 0 saturated carbocycles. The highest BCUT2D eigenvalue weighted by Crippen LogP contribution is 2.15. The van der Waals surface area contributed by atoms with Gasteiger partial charge in [-0.1, -0.05) is 0 Å². The Morgan fingerprint density at radius 1 is 1.21 bits per heavy atom. The van der Waals surface area contributed by atoms with Crippen LogP contribution in [0.3, 0.4) is 0 Å². The second-order valence-corrected chi connectivity index (χ2v) is 4.68. The van der Waals surface area contributed by atoms with E-state index < -0.39 is 36.0 Å². The average molecular weight is 331 g/mol. The quantitative estimate of drug-likeness (QED) is 0.403. The number of carboxylic acid groups (broad SMARTS) is 1. The molecule has 0 spiro atoms. The maximum absolute atomic E-state index is 12.1. The summed E-state index contributed by atoms with van der Waals surface area (Å²) in [5.41, 5.74) is 0.460. The summed E-state index contributed by atoms with van der Waals surface area (Å²) in [6, 6.07) is 7.11. The first kappa shape index (κ1) is 18.8. The number of benzene rings is 1. The van der Waals surface area contributed by atoms with Crippen molar-refractivity contribution in [1.29, 1.82) is 5.26 Å². The first-order valence-corrected chi connectivity index (χ1v) is 7.09. The van der Waals surface area contributed by atoms with Gasteiger partial charge in [-0.25, -0.2) is 0 Å². The third kappa shape index (κ3) is 5.53. The highest BCUT2D eigenvalue weighted by Gasteiger charge is 2.28. The maximum atomic E-state index is 12.1. The number of rotatable bonds is 8. The van der Waals surface area contributed by atoms with Crippen LogP contribution in [0.4, 0.5) is 5.69 Å². The van der Waals surface area contributed by atoms with E-state index in [9.17, 15) is 24.3 Å². The number of hydrogen-bond acceptors (Lipinski definition) is 7. The molecule has 1 N–H and O–H groups in total. The van der Waals surface area contributed by atoms with E-state index in [1.165, 1.54) is 24.3 Å². The number of amides is 1. The molecule has 1 atom stereocenters. The Morgan fingerprint density at radius 2 is 1.83 bits per heavy atom. The zero-order valence-electron chi connectivity index (χ0n) is 12.9. The lowest BCUT2D eigenvalue weighted by molar-refractivity contribution is -0.305. The molecule has 0 fully saturated rings. The molecule has 8 nitrogen and oxygen atoms in total. The van der Waals surface area contributed by atoms with Gasteiger partial charge in [0.2, 0.25) is 11.8 Å². The Balaban J connectivity index is 2.74. The molecule has 1 amide bonds. The third-order valence-electron chi connectivity index (χ3n) is 2.92. The molecule has 126 valence electrons. The van der Waals surface area contributed by atoms with Gasteiger partial charge in [0.1, 0.15) is 0 Å². The van der Waals surface area contributed by atoms with E-state index in [-0.39, 0.29) is 18.6 Å². The van der Waals surface area contributed by atoms with Gasteiger partial charge in [-0.3, -0.25) is 14.4 Å². The molecule has 0 aliphatic rings. The lowest BCUT2D eigenvalue weighted by Crippen LogP contribution is -2.25. The van der Waals surface area contributed by atoms with E-state index in [0.717, 1.165) is 0 Å². The molecular weight excluding hydrogens is 316 g/mol. The largest absolute Gasteiger partial charge is 0.550 e. The minimum Gasteiger partial charge on any atom is -0.550 e. The third-order valence-corrected chi connectivity index (χ3v) is 2.92. The summed E-state index contributed by atoms with van der Waals surface area (Å²) in [5.74, 6) is -5.00. The zero-order valence-corrected chi connectivity index (χ0v) is 12.9. The van der Waals surface area contributed by atoms with Gasteiger partial charge in [-0.05, 0) is 37.6 Å². The van der Waals surface area contributed by atoms with Crippen LogP contribution in [0.25, 0.3) is 0 Å². The Hall–Kier alpha value is -3.21. The Kier molecular flexibility index (Phi) is 7.10. The smallest absolute Gasteiger partial charge is 0.331 e. The Morgan fingerprint density at radius 3 is 2.33 bits per heavy atom. The molecule has 0 radical (unpaired) electrons. The summed E-state index contributed by atoms with van der Waals surface area (Å²) in [5, 5.41) is 21.7. The normalized spacial score (nSPS) is 11.0. The SMILES string of the molecule is CCOC(=O)[C@H](C#N)C(=O)c1ccc(NC(=O)CCC(=O)[O-])cc1. The fourth-order valence-electron chi connectivity index (χ4n) is 1.77. The van der Waals surface area contributed by atoms with Crippen LogP contribution in [0.5, 0.6) is 0 Å². The van der Waals surface area contributed by atoms with Crippen molar-refractivity contribution >= 4 is 29.3 Å². The fraction of sp³-hybridized carbons (Fsp3) is 0.312. The van der Waals surface area contributed by atoms with Crippen molar-refractivity contribution in [3.8, 4) is 6.07 Å². The number of aliphatic carboxylic acids is 1. The number of ketones is 1. The minimum atomic E-state index is -1.55. The molecule has 0 heterocycles. The van der Waals surface area contributed by atoms with Gasteiger partial charge in [-0.15, -0.1) is 0 Å². The van der Waals surface area contributed by atoms with Gasteiger partial charge in [0.15, 0.2) is 5.78 Å². The van der Waals surface area contributed by atoms with Gasteiger partial charge < -0.3 is 20.0 Å². The number of nitrogens with one attached hydrogen (secondary N) is 1. The molecule has 24 heavy (non-hydrogen) atoms. The van der Waals surface area contributed by atoms with Gasteiger partial charge in [0.05, 0.1) is 12.7 Å². The van der Waals surface area contributed by atoms with E-state index in [1.54, 1.807) is 13.0 Å². The number of hydrogen-bond donors (Lipinski definition) is 1. The molecule has 0 aromatic heterocycles. The van der Waals surface area contributed by atoms with Gasteiger partial charge in [0.25, 0.3) is 0 Å². The summed E-state index contributed by atoms with van der Waals surface area (Å²) < 4.78 is 4.67. The van der Waals surface area contributed by atoms with Crippen molar-refractivity contribution < 1.29 is 29.0 Å². The Bertz CT molecular complexity index is 675. The first-order chi connectivity index (χ1) is 11.4. The molecule has 0 aliphatic carbocycles. The van der Waals surface area contributed by atoms with Crippen LogP contribution in [0.15, 0.2) is 24.3 Å². The minimum absolute atomic E-state index is 0.0567. The number of esters is 1. The van der Waals surface area contributed by atoms with E-state index in [4.69, 9.17) is 5.26 Å². The standard InChI is InChI=1S/C16H16N2O6/c1-2-24-16(23)12(9-17)15(22)10-3-5-11(6-4-10)18-13(19)7-8-14(20)21/h3-6,12H,2,7-8H2,1H3,(H,18,19)(H,20,21)/p-1/t12-/m1/s1. The molecule has 0 unspecified atom stereocenters. The van der Waals surface area contributed by atoms with E-state index in [2.05, 4.69) is 10.1 Å². The predicted molar refractivity (Wildman–Crippen MR) is 79.4 cm³/mol. The number of nitrogens with zero attached hydrogens (tertiary/aromatic N) is 1. The number of anilines is 1.